The summed E-state index contributed by atoms with van der Waals surface area (Å²) >= 11 is -1.60. The van der Waals surface area contributed by atoms with Crippen LogP contribution in [0.1, 0.15) is 67.9 Å². The number of aromatic carboxylic acids is 1. The molecule has 0 spiro atoms. The van der Waals surface area contributed by atoms with Crippen molar-refractivity contribution in [3.8, 4) is 46.0 Å². The van der Waals surface area contributed by atoms with Gasteiger partial charge in [-0.25, -0.2) is 9.68 Å². The van der Waals surface area contributed by atoms with Crippen LogP contribution in [-0.2, 0) is 44.0 Å². The predicted molar refractivity (Wildman–Crippen MR) is 283 cm³/mol. The lowest BCUT2D eigenvalue weighted by molar-refractivity contribution is -0.253. The first-order valence-corrected chi connectivity index (χ1v) is 24.8. The number of anilines is 2. The molecule has 8 aromatic rings. The Kier molecular flexibility index (Phi) is 17.7. The molecule has 8 rings (SSSR count). The number of amides is 1. The van der Waals surface area contributed by atoms with E-state index in [1.54, 1.807) is 66.7 Å². The summed E-state index contributed by atoms with van der Waals surface area (Å²) in [4.78, 5) is 40.5. The van der Waals surface area contributed by atoms with E-state index >= 15 is 0 Å². The van der Waals surface area contributed by atoms with E-state index in [2.05, 4.69) is 29.5 Å². The molecule has 75 heavy (non-hydrogen) atoms. The average Bonchev–Trinajstić information content (AvgIpc) is 3.41. The fourth-order valence-corrected chi connectivity index (χ4v) is 8.21. The largest absolute Gasteiger partial charge is 0.478 e. The van der Waals surface area contributed by atoms with Gasteiger partial charge < -0.3 is 37.3 Å². The molecule has 1 atom stereocenters. The monoisotopic (exact) mass is 1050 g/mol. The first kappa shape index (κ1) is 52.9. The van der Waals surface area contributed by atoms with Gasteiger partial charge in [0, 0.05) is 11.1 Å². The van der Waals surface area contributed by atoms with E-state index in [0.717, 1.165) is 22.3 Å². The van der Waals surface area contributed by atoms with Crippen LogP contribution in [-0.4, -0.2) is 26.4 Å². The van der Waals surface area contributed by atoms with E-state index in [-0.39, 0.29) is 41.3 Å². The number of nitrogens with one attached hydrogen (secondary N) is 2. The minimum atomic E-state index is -2.10. The van der Waals surface area contributed by atoms with Crippen LogP contribution in [0.25, 0.3) is 0 Å². The van der Waals surface area contributed by atoms with E-state index in [4.69, 9.17) is 36.1 Å². The van der Waals surface area contributed by atoms with E-state index in [9.17, 15) is 24.2 Å². The highest BCUT2D eigenvalue weighted by molar-refractivity contribution is 7.90. The molecule has 0 aliphatic heterocycles. The molecular formula is C57H50N2O14S2. The van der Waals surface area contributed by atoms with Crippen molar-refractivity contribution in [3.05, 3.63) is 226 Å². The first-order valence-electron chi connectivity index (χ1n) is 23.1. The van der Waals surface area contributed by atoms with Crippen molar-refractivity contribution in [1.82, 2.24) is 0 Å². The van der Waals surface area contributed by atoms with Gasteiger partial charge in [-0.2, -0.15) is 4.21 Å². The van der Waals surface area contributed by atoms with Crippen LogP contribution in [0.2, 0.25) is 0 Å². The van der Waals surface area contributed by atoms with Crippen molar-refractivity contribution < 1.29 is 65.1 Å². The van der Waals surface area contributed by atoms with Gasteiger partial charge in [-0.1, -0.05) is 83.9 Å². The van der Waals surface area contributed by atoms with Gasteiger partial charge in [0.05, 0.1) is 23.4 Å². The molecule has 4 N–H and O–H groups in total. The highest BCUT2D eigenvalue weighted by Crippen LogP contribution is 2.35. The fraction of sp³-hybridized carbons (Fsp3) is 0.123. The van der Waals surface area contributed by atoms with Crippen LogP contribution in [0.5, 0.6) is 46.0 Å². The Bertz CT molecular complexity index is 3210. The van der Waals surface area contributed by atoms with E-state index in [1.807, 2.05) is 111 Å². The zero-order valence-electron chi connectivity index (χ0n) is 40.8. The molecule has 0 heterocycles. The molecule has 18 heteroatoms. The maximum Gasteiger partial charge on any atom is 0.417 e. The summed E-state index contributed by atoms with van der Waals surface area (Å²) in [6, 6.07) is 52.9. The van der Waals surface area contributed by atoms with Crippen LogP contribution in [0.3, 0.4) is 0 Å². The molecule has 8 aromatic carbocycles. The summed E-state index contributed by atoms with van der Waals surface area (Å²) in [5, 5.41) is 21.8. The number of carbonyl (C=O) groups is 2. The summed E-state index contributed by atoms with van der Waals surface area (Å²) < 4.78 is 45.9. The molecule has 1 unspecified atom stereocenters. The van der Waals surface area contributed by atoms with E-state index < -0.39 is 23.2 Å². The van der Waals surface area contributed by atoms with Gasteiger partial charge in [0.25, 0.3) is 18.2 Å². The Morgan fingerprint density at radius 1 is 0.547 bits per heavy atom. The zero-order chi connectivity index (χ0) is 52.7. The second-order valence-corrected chi connectivity index (χ2v) is 18.5. The lowest BCUT2D eigenvalue weighted by atomic mass is 9.78. The number of hydrogen-bond donors (Lipinski definition) is 4. The molecule has 16 nitrogen and oxygen atoms in total. The van der Waals surface area contributed by atoms with Crippen molar-refractivity contribution >= 4 is 46.9 Å². The van der Waals surface area contributed by atoms with E-state index in [1.165, 1.54) is 18.2 Å². The summed E-state index contributed by atoms with van der Waals surface area (Å²) in [5.74, 6) is 1.76. The second-order valence-electron chi connectivity index (χ2n) is 17.3. The van der Waals surface area contributed by atoms with Gasteiger partial charge in [0.2, 0.25) is 0 Å². The third kappa shape index (κ3) is 14.9. The molecule has 0 bridgehead atoms. The fourth-order valence-electron chi connectivity index (χ4n) is 7.33. The third-order valence-electron chi connectivity index (χ3n) is 11.5. The maximum absolute atomic E-state index is 13.2. The second kappa shape index (κ2) is 25.0. The molecule has 0 saturated carbocycles. The Morgan fingerprint density at radius 2 is 1.04 bits per heavy atom. The number of hydrogen-bond acceptors (Lipinski definition) is 15. The lowest BCUT2D eigenvalue weighted by Gasteiger charge is -2.26. The van der Waals surface area contributed by atoms with Crippen LogP contribution >= 0.6 is 12.3 Å². The Morgan fingerprint density at radius 3 is 1.60 bits per heavy atom. The summed E-state index contributed by atoms with van der Waals surface area (Å²) in [6.45, 7) is 8.11. The Balaban J connectivity index is 0.780. The van der Waals surface area contributed by atoms with Gasteiger partial charge in [-0.15, -0.1) is 0 Å². The summed E-state index contributed by atoms with van der Waals surface area (Å²) in [5.41, 5.74) is 8.82. The number of benzene rings is 8. The molecule has 0 saturated heterocycles. The van der Waals surface area contributed by atoms with Crippen LogP contribution in [0.15, 0.2) is 182 Å². The number of carboxylic acid groups (broad SMARTS) is 1. The van der Waals surface area contributed by atoms with Crippen molar-refractivity contribution in [2.45, 2.75) is 46.3 Å². The highest BCUT2D eigenvalue weighted by Gasteiger charge is 2.24. The Hall–Kier alpha value is -8.36. The number of ether oxygens (including phenoxy) is 2. The molecule has 0 aliphatic carbocycles. The molecule has 1 amide bonds. The first-order chi connectivity index (χ1) is 36.3. The van der Waals surface area contributed by atoms with Gasteiger partial charge in [0.15, 0.2) is 5.75 Å². The average molecular weight is 1050 g/mol. The summed E-state index contributed by atoms with van der Waals surface area (Å²) in [7, 11) is 0. The minimum Gasteiger partial charge on any atom is -0.478 e. The van der Waals surface area contributed by atoms with Crippen molar-refractivity contribution in [3.63, 3.8) is 0 Å². The standard InChI is InChI=1S/C57H50N2O14S2/c1-37-5-18-49(19-6-37)69-73-74-70-51-31-32-53(54(34-51)56(61)62)55(60)58-43-14-27-47(28-15-43)67-45-23-10-41(11-24-45)57(3,4)42-12-25-46(26-13-42)68-48-29-16-44(17-30-48)59-65-35-39-9-22-52(33-40(39)36-66-63)72-75(64)71-50-20-7-38(2)8-21-50/h5-34,59,63H,35-36H2,1-4H3,(H,58,60)(H,61,62). The lowest BCUT2D eigenvalue weighted by Crippen LogP contribution is -2.18. The molecular weight excluding hydrogens is 1000 g/mol. The van der Waals surface area contributed by atoms with Crippen LogP contribution in [0.4, 0.5) is 11.4 Å². The van der Waals surface area contributed by atoms with E-state index in [0.29, 0.717) is 69.3 Å². The van der Waals surface area contributed by atoms with Gasteiger partial charge >= 0.3 is 17.3 Å². The number of carboxylic acids is 1. The minimum absolute atomic E-state index is 0.0621. The molecule has 0 radical (unpaired) electrons. The SMILES string of the molecule is Cc1ccc(OOSOc2ccc(C(=O)Nc3ccc(Oc4ccc(C(C)(C)c5ccc(Oc6ccc(NOCc7ccc(OS(=O)Oc8ccc(C)cc8)cc7COO)cc6)cc5)cc4)cc3)c(C(=O)O)c2)cc1. The van der Waals surface area contributed by atoms with Crippen LogP contribution < -0.4 is 37.7 Å². The number of rotatable bonds is 24. The highest BCUT2D eigenvalue weighted by atomic mass is 32.2. The maximum atomic E-state index is 13.2. The van der Waals surface area contributed by atoms with Crippen LogP contribution in [0, 0.1) is 13.8 Å². The normalized spacial score (nSPS) is 11.5. The Labute approximate surface area is 439 Å². The zero-order valence-corrected chi connectivity index (χ0v) is 42.5. The molecule has 0 aliphatic rings. The van der Waals surface area contributed by atoms with Gasteiger partial charge in [-0.3, -0.25) is 20.4 Å². The van der Waals surface area contributed by atoms with Crippen molar-refractivity contribution in [2.75, 3.05) is 10.8 Å². The summed E-state index contributed by atoms with van der Waals surface area (Å²) in [6.07, 6.45) is 0. The third-order valence-corrected chi connectivity index (χ3v) is 12.6. The quantitative estimate of drug-likeness (QED) is 0.0193. The van der Waals surface area contributed by atoms with Crippen molar-refractivity contribution in [1.29, 1.82) is 0 Å². The van der Waals surface area contributed by atoms with Crippen molar-refractivity contribution in [2.24, 2.45) is 0 Å². The van der Waals surface area contributed by atoms with Gasteiger partial charge in [-0.05, 0) is 163 Å². The predicted octanol–water partition coefficient (Wildman–Crippen LogP) is 13.7. The molecule has 0 fully saturated rings. The molecule has 384 valence electrons. The smallest absolute Gasteiger partial charge is 0.417 e. The molecule has 0 aromatic heterocycles. The van der Waals surface area contributed by atoms with Gasteiger partial charge in [0.1, 0.15) is 46.9 Å². The topological polar surface area (TPSA) is 199 Å². The number of aryl methyl sites for hydroxylation is 2. The number of carbonyl (C=O) groups excluding carboxylic acids is 1.